The van der Waals surface area contributed by atoms with Gasteiger partial charge in [-0.05, 0) is 84.1 Å². The van der Waals surface area contributed by atoms with Gasteiger partial charge >= 0.3 is 129 Å². The molecule has 0 saturated heterocycles. The minimum atomic E-state index is -5.79. The molecule has 26 nitrogen and oxygen atoms in total. The third kappa shape index (κ3) is 16.7. The Morgan fingerprint density at radius 2 is 1.23 bits per heavy atom. The summed E-state index contributed by atoms with van der Waals surface area (Å²) in [5, 5.41) is 27.0. The summed E-state index contributed by atoms with van der Waals surface area (Å²) in [7, 11) is -26.5. The van der Waals surface area contributed by atoms with Gasteiger partial charge in [-0.3, -0.25) is 9.54 Å². The minimum Gasteiger partial charge on any atom is -0.870 e. The molecule has 0 aliphatic heterocycles. The van der Waals surface area contributed by atoms with E-state index in [1.807, 2.05) is 0 Å². The fourth-order valence-corrected chi connectivity index (χ4v) is 9.58. The number of halogens is 2. The standard InChI is InChI=1S/C34H28Cl2N10O16S5.4Na/c1-16-6-7-18(14-20(16)35)38-33-40-32(36)41-34(42-33)39-19-8-9-24(64(50,51)52)22(15-19)44-46-30-26(66(56,57)58)13-17-12-25(65(53,54)55)29(28(37)27(17)31(30)47)45-43-21-4-2-3-5-23(21)63(48,49)11-10-62-67(59,60)61;;;;/h2-9,12-15,47H,10-11,37H2,1H3,(H,50,51,52)(H,53,54,55)(H,56,57,58)(H,59,60,61)(H2,38,39,40,41,42);;;;/q;4*+1/p-4. The molecule has 0 unspecified atom stereocenters. The van der Waals surface area contributed by atoms with Crippen LogP contribution in [-0.4, -0.2) is 87.6 Å². The number of aromatic amines is 2. The quantitative estimate of drug-likeness (QED) is 0.0341. The summed E-state index contributed by atoms with van der Waals surface area (Å²) in [6.45, 7) is 0.702. The molecule has 0 fully saturated rings. The van der Waals surface area contributed by atoms with Crippen molar-refractivity contribution in [1.29, 1.82) is 0 Å². The number of H-pyrrole nitrogens is 2. The molecule has 71 heavy (non-hydrogen) atoms. The van der Waals surface area contributed by atoms with E-state index in [1.165, 1.54) is 18.2 Å². The second-order valence-electron chi connectivity index (χ2n) is 13.2. The number of nitrogen functional groups attached to an aromatic ring is 1. The third-order valence-electron chi connectivity index (χ3n) is 8.63. The molecule has 0 aliphatic carbocycles. The van der Waals surface area contributed by atoms with Crippen LogP contribution in [0.3, 0.4) is 0 Å². The monoisotopic (exact) mass is 1150 g/mol. The predicted molar refractivity (Wildman–Crippen MR) is 227 cm³/mol. The number of azo groups is 2. The van der Waals surface area contributed by atoms with Crippen LogP contribution in [0.1, 0.15) is 5.56 Å². The molecule has 1 heterocycles. The van der Waals surface area contributed by atoms with Gasteiger partial charge in [0.2, 0.25) is 16.5 Å². The SMILES string of the molecule is Cc1ccc(N=c2nc(Cl)[nH]c(=Nc3ccc(S(=O)(=O)[O-])c(N=Nc4c(S(=O)(=O)[O-])cc5cc(S(=O)(=O)[O-])c(N=Nc6ccccc6S(=O)(=O)CCOS(=O)(=O)O)c(N)c5c4[O-])c3)[nH]2)cc1Cl.[Na+].[Na+].[Na+].[Na+]. The molecule has 1 aromatic heterocycles. The van der Waals surface area contributed by atoms with Gasteiger partial charge in [-0.25, -0.2) is 47.8 Å². The molecule has 0 bridgehead atoms. The Morgan fingerprint density at radius 3 is 1.82 bits per heavy atom. The normalized spacial score (nSPS) is 12.9. The molecule has 0 amide bonds. The number of hydrogen-bond acceptors (Lipinski definition) is 23. The van der Waals surface area contributed by atoms with Crippen LogP contribution in [0.4, 0.5) is 39.8 Å². The first kappa shape index (κ1) is 65.0. The van der Waals surface area contributed by atoms with Crippen molar-refractivity contribution < 1.29 is 188 Å². The van der Waals surface area contributed by atoms with E-state index in [1.54, 1.807) is 19.1 Å². The number of anilines is 1. The van der Waals surface area contributed by atoms with Gasteiger partial charge in [-0.1, -0.05) is 35.5 Å². The van der Waals surface area contributed by atoms with E-state index in [0.29, 0.717) is 22.8 Å². The van der Waals surface area contributed by atoms with Crippen molar-refractivity contribution in [2.24, 2.45) is 30.4 Å². The molecule has 5 aromatic carbocycles. The van der Waals surface area contributed by atoms with Crippen molar-refractivity contribution in [1.82, 2.24) is 15.0 Å². The van der Waals surface area contributed by atoms with E-state index in [-0.39, 0.29) is 140 Å². The number of sulfone groups is 1. The molecule has 5 N–H and O–H groups in total. The van der Waals surface area contributed by atoms with E-state index in [9.17, 15) is 60.9 Å². The van der Waals surface area contributed by atoms with Gasteiger partial charge in [0.25, 0.3) is 0 Å². The summed E-state index contributed by atoms with van der Waals surface area (Å²) in [6.07, 6.45) is 0. The number of benzene rings is 5. The fourth-order valence-electron chi connectivity index (χ4n) is 5.70. The Kier molecular flexibility index (Phi) is 23.5. The van der Waals surface area contributed by atoms with Gasteiger partial charge in [-0.15, -0.1) is 20.5 Å². The van der Waals surface area contributed by atoms with Crippen molar-refractivity contribution in [3.8, 4) is 5.75 Å². The molecule has 0 radical (unpaired) electrons. The molecule has 0 saturated carbocycles. The summed E-state index contributed by atoms with van der Waals surface area (Å²) >= 11 is 12.3. The Morgan fingerprint density at radius 1 is 0.676 bits per heavy atom. The van der Waals surface area contributed by atoms with Gasteiger partial charge in [0.1, 0.15) is 47.4 Å². The van der Waals surface area contributed by atoms with E-state index >= 15 is 0 Å². The second kappa shape index (κ2) is 25.6. The second-order valence-corrected chi connectivity index (χ2v) is 21.2. The maximum atomic E-state index is 14.1. The number of nitrogens with one attached hydrogen (secondary N) is 2. The van der Waals surface area contributed by atoms with E-state index in [4.69, 9.17) is 33.5 Å². The van der Waals surface area contributed by atoms with Crippen LogP contribution in [-0.2, 0) is 54.8 Å². The number of nitrogens with two attached hydrogens (primary N) is 1. The van der Waals surface area contributed by atoms with Gasteiger partial charge in [0, 0.05) is 10.4 Å². The Bertz CT molecular complexity index is 3850. The minimum absolute atomic E-state index is 0. The van der Waals surface area contributed by atoms with Crippen LogP contribution in [0.25, 0.3) is 10.8 Å². The van der Waals surface area contributed by atoms with Gasteiger partial charge in [-0.2, -0.15) is 13.4 Å². The van der Waals surface area contributed by atoms with Gasteiger partial charge in [0.05, 0.1) is 54.7 Å². The molecular weight excluding hydrogens is 1130 g/mol. The van der Waals surface area contributed by atoms with E-state index < -0.39 is 127 Å². The summed E-state index contributed by atoms with van der Waals surface area (Å²) in [5.74, 6) is -2.67. The van der Waals surface area contributed by atoms with E-state index in [2.05, 4.69) is 49.6 Å². The Labute approximate surface area is 501 Å². The third-order valence-corrected chi connectivity index (χ3v) is 14.0. The summed E-state index contributed by atoms with van der Waals surface area (Å²) in [5.41, 5.74) is 1.83. The average Bonchev–Trinajstić information content (AvgIpc) is 3.19. The number of hydrogen-bond donors (Lipinski definition) is 4. The van der Waals surface area contributed by atoms with Crippen molar-refractivity contribution in [2.45, 2.75) is 26.5 Å². The fraction of sp³-hybridized carbons (Fsp3) is 0.0882. The van der Waals surface area contributed by atoms with Crippen molar-refractivity contribution in [3.63, 3.8) is 0 Å². The molecule has 6 aromatic rings. The Hall–Kier alpha value is -2.10. The predicted octanol–water partition coefficient (Wildman–Crippen LogP) is -8.22. The number of fused-ring (bicyclic) bond motifs is 1. The van der Waals surface area contributed by atoms with Gasteiger partial charge < -0.3 is 29.5 Å². The number of rotatable bonds is 14. The zero-order chi connectivity index (χ0) is 49.4. The molecule has 354 valence electrons. The van der Waals surface area contributed by atoms with Crippen molar-refractivity contribution >= 4 is 124 Å². The van der Waals surface area contributed by atoms with Crippen molar-refractivity contribution in [2.75, 3.05) is 18.1 Å². The van der Waals surface area contributed by atoms with Crippen LogP contribution in [0, 0.1) is 6.92 Å². The summed E-state index contributed by atoms with van der Waals surface area (Å²) in [4.78, 5) is 13.1. The Balaban J connectivity index is 0.00000432. The first-order chi connectivity index (χ1) is 31.0. The number of nitrogens with zero attached hydrogens (tertiary/aromatic N) is 7. The zero-order valence-corrected chi connectivity index (χ0v) is 50.5. The van der Waals surface area contributed by atoms with Crippen LogP contribution in [0.5, 0.6) is 5.75 Å². The summed E-state index contributed by atoms with van der Waals surface area (Å²) in [6, 6.07) is 12.6. The smallest absolute Gasteiger partial charge is 0.870 e. The van der Waals surface area contributed by atoms with Crippen LogP contribution < -0.4 is 140 Å². The molecule has 6 rings (SSSR count). The van der Waals surface area contributed by atoms with E-state index in [0.717, 1.165) is 35.9 Å². The molecular formula is C34H24Cl2N10Na4O16S5. The van der Waals surface area contributed by atoms with Gasteiger partial charge in [0.15, 0.2) is 9.84 Å². The molecule has 0 atom stereocenters. The van der Waals surface area contributed by atoms with Crippen LogP contribution in [0.2, 0.25) is 10.3 Å². The zero-order valence-electron chi connectivity index (χ0n) is 36.9. The number of aromatic nitrogens is 3. The number of aryl methyl sites for hydroxylation is 1. The first-order valence-electron chi connectivity index (χ1n) is 17.6. The molecule has 0 spiro atoms. The first-order valence-corrected chi connectivity index (χ1v) is 25.6. The largest absolute Gasteiger partial charge is 1.00 e. The van der Waals surface area contributed by atoms with Crippen LogP contribution in [0.15, 0.2) is 123 Å². The topological polar surface area (TPSA) is 437 Å². The molecule has 37 heteroatoms. The summed E-state index contributed by atoms with van der Waals surface area (Å²) < 4.78 is 173. The van der Waals surface area contributed by atoms with Crippen LogP contribution >= 0.6 is 23.2 Å². The average molecular weight is 1150 g/mol. The van der Waals surface area contributed by atoms with Crippen molar-refractivity contribution in [3.05, 3.63) is 99.9 Å². The maximum absolute atomic E-state index is 14.1. The molecule has 0 aliphatic rings. The maximum Gasteiger partial charge on any atom is 1.00 e.